The maximum Gasteiger partial charge on any atom is 0.254 e. The Labute approximate surface area is 177 Å². The molecule has 1 aromatic rings. The zero-order valence-corrected chi connectivity index (χ0v) is 17.9. The molecule has 29 heavy (non-hydrogen) atoms. The largest absolute Gasteiger partial charge is 0.339 e. The van der Waals surface area contributed by atoms with Crippen molar-refractivity contribution >= 4 is 27.7 Å². The van der Waals surface area contributed by atoms with Crippen LogP contribution in [0.4, 0.5) is 8.78 Å². The van der Waals surface area contributed by atoms with Crippen LogP contribution < -0.4 is 0 Å². The second kappa shape index (κ2) is 6.76. The molecule has 6 rings (SSSR count). The van der Waals surface area contributed by atoms with Gasteiger partial charge in [-0.1, -0.05) is 15.9 Å². The number of carbonyl (C=O) groups is 2. The van der Waals surface area contributed by atoms with Gasteiger partial charge in [-0.3, -0.25) is 9.59 Å². The predicted molar refractivity (Wildman–Crippen MR) is 108 cm³/mol. The lowest BCUT2D eigenvalue weighted by atomic mass is 9.49. The van der Waals surface area contributed by atoms with Crippen LogP contribution in [0, 0.1) is 28.9 Å². The fraction of sp³-hybridized carbons (Fsp3) is 0.636. The van der Waals surface area contributed by atoms with Crippen molar-refractivity contribution in [2.24, 2.45) is 17.3 Å². The molecule has 1 saturated heterocycles. The van der Waals surface area contributed by atoms with E-state index in [0.29, 0.717) is 38.0 Å². The van der Waals surface area contributed by atoms with Crippen molar-refractivity contribution in [3.8, 4) is 0 Å². The molecule has 5 aliphatic rings. The molecule has 4 bridgehead atoms. The molecular weight excluding hydrogens is 442 g/mol. The van der Waals surface area contributed by atoms with Gasteiger partial charge in [-0.2, -0.15) is 0 Å². The Morgan fingerprint density at radius 2 is 1.55 bits per heavy atom. The summed E-state index contributed by atoms with van der Waals surface area (Å²) in [4.78, 5) is 29.7. The molecule has 156 valence electrons. The van der Waals surface area contributed by atoms with Crippen molar-refractivity contribution in [3.05, 3.63) is 35.4 Å². The van der Waals surface area contributed by atoms with Crippen LogP contribution in [0.1, 0.15) is 48.9 Å². The van der Waals surface area contributed by atoms with E-state index in [1.54, 1.807) is 4.90 Å². The van der Waals surface area contributed by atoms with Crippen molar-refractivity contribution in [1.29, 1.82) is 0 Å². The highest BCUT2D eigenvalue weighted by atomic mass is 79.9. The second-order valence-corrected chi connectivity index (χ2v) is 11.3. The minimum Gasteiger partial charge on any atom is -0.339 e. The Balaban J connectivity index is 1.25. The zero-order chi connectivity index (χ0) is 20.4. The smallest absolute Gasteiger partial charge is 0.254 e. The van der Waals surface area contributed by atoms with Crippen LogP contribution in [-0.2, 0) is 4.79 Å². The van der Waals surface area contributed by atoms with Gasteiger partial charge < -0.3 is 9.80 Å². The monoisotopic (exact) mass is 466 g/mol. The molecule has 0 N–H and O–H groups in total. The molecule has 1 aliphatic heterocycles. The summed E-state index contributed by atoms with van der Waals surface area (Å²) in [6, 6.07) is 3.23. The van der Waals surface area contributed by atoms with E-state index >= 15 is 0 Å². The SMILES string of the molecule is O=C(c1ccc(F)c(F)c1)N1CCN(C(=O)C23CC4CC(CC(Br)(C4)C2)C3)CC1. The first-order chi connectivity index (χ1) is 13.8. The first-order valence-corrected chi connectivity index (χ1v) is 11.3. The number of alkyl halides is 1. The number of nitrogens with zero attached hydrogens (tertiary/aromatic N) is 2. The number of hydrogen-bond acceptors (Lipinski definition) is 2. The van der Waals surface area contributed by atoms with Crippen molar-refractivity contribution in [2.75, 3.05) is 26.2 Å². The molecule has 7 heteroatoms. The molecule has 4 saturated carbocycles. The lowest BCUT2D eigenvalue weighted by molar-refractivity contribution is -0.157. The third-order valence-corrected chi connectivity index (χ3v) is 8.39. The van der Waals surface area contributed by atoms with Crippen LogP contribution in [0.15, 0.2) is 18.2 Å². The van der Waals surface area contributed by atoms with Crippen molar-refractivity contribution in [3.63, 3.8) is 0 Å². The van der Waals surface area contributed by atoms with Crippen molar-refractivity contribution < 1.29 is 18.4 Å². The summed E-state index contributed by atoms with van der Waals surface area (Å²) in [6.07, 6.45) is 6.58. The van der Waals surface area contributed by atoms with E-state index in [4.69, 9.17) is 0 Å². The van der Waals surface area contributed by atoms with Gasteiger partial charge in [0.25, 0.3) is 5.91 Å². The predicted octanol–water partition coefficient (Wildman–Crippen LogP) is 3.98. The summed E-state index contributed by atoms with van der Waals surface area (Å²) in [5, 5.41) is 0. The van der Waals surface area contributed by atoms with Crippen LogP contribution in [0.25, 0.3) is 0 Å². The van der Waals surface area contributed by atoms with Crippen LogP contribution in [0.3, 0.4) is 0 Å². The fourth-order valence-corrected chi connectivity index (χ4v) is 8.11. The summed E-state index contributed by atoms with van der Waals surface area (Å²) in [7, 11) is 0. The Kier molecular flexibility index (Phi) is 4.53. The molecular formula is C22H25BrF2N2O2. The topological polar surface area (TPSA) is 40.6 Å². The normalized spacial score (nSPS) is 35.8. The summed E-state index contributed by atoms with van der Waals surface area (Å²) < 4.78 is 26.7. The number of hydrogen-bond donors (Lipinski definition) is 0. The minimum atomic E-state index is -1.02. The van der Waals surface area contributed by atoms with E-state index in [1.165, 1.54) is 25.3 Å². The highest BCUT2D eigenvalue weighted by molar-refractivity contribution is 9.10. The second-order valence-electron chi connectivity index (χ2n) is 9.61. The van der Waals surface area contributed by atoms with Gasteiger partial charge in [-0.15, -0.1) is 0 Å². The van der Waals surface area contributed by atoms with Gasteiger partial charge in [0.15, 0.2) is 11.6 Å². The highest BCUT2D eigenvalue weighted by Gasteiger charge is 2.60. The third kappa shape index (κ3) is 3.29. The Morgan fingerprint density at radius 1 is 0.931 bits per heavy atom. The van der Waals surface area contributed by atoms with E-state index < -0.39 is 11.6 Å². The van der Waals surface area contributed by atoms with E-state index in [9.17, 15) is 18.4 Å². The quantitative estimate of drug-likeness (QED) is 0.618. The van der Waals surface area contributed by atoms with Gasteiger partial charge in [0.2, 0.25) is 5.91 Å². The van der Waals surface area contributed by atoms with Gasteiger partial charge in [0.1, 0.15) is 0 Å². The van der Waals surface area contributed by atoms with Crippen molar-refractivity contribution in [2.45, 2.75) is 42.8 Å². The molecule has 2 unspecified atom stereocenters. The maximum absolute atomic E-state index is 13.5. The summed E-state index contributed by atoms with van der Waals surface area (Å²) in [6.45, 7) is 1.85. The molecule has 2 atom stereocenters. The molecule has 1 aromatic carbocycles. The molecule has 2 amide bonds. The van der Waals surface area contributed by atoms with Crippen LogP contribution in [0.5, 0.6) is 0 Å². The third-order valence-electron chi connectivity index (χ3n) is 7.46. The maximum atomic E-state index is 13.5. The summed E-state index contributed by atoms with van der Waals surface area (Å²) in [5.74, 6) is -0.737. The first-order valence-electron chi connectivity index (χ1n) is 10.5. The summed E-state index contributed by atoms with van der Waals surface area (Å²) >= 11 is 3.97. The van der Waals surface area contributed by atoms with E-state index in [-0.39, 0.29) is 27.1 Å². The average Bonchev–Trinajstić information content (AvgIpc) is 2.67. The van der Waals surface area contributed by atoms with Crippen LogP contribution >= 0.6 is 15.9 Å². The Hall–Kier alpha value is -1.50. The number of benzene rings is 1. The fourth-order valence-electron chi connectivity index (χ4n) is 6.66. The highest BCUT2D eigenvalue weighted by Crippen LogP contribution is 2.64. The standard InChI is InChI=1S/C22H25BrF2N2O2/c23-22-11-14-7-15(12-22)10-21(9-14,13-22)20(29)27-5-3-26(4-6-27)19(28)16-1-2-17(24)18(25)8-16/h1-2,8,14-15H,3-7,9-13H2. The lowest BCUT2D eigenvalue weighted by Crippen LogP contribution is -2.61. The number of amides is 2. The molecule has 1 heterocycles. The first kappa shape index (κ1) is 19.5. The van der Waals surface area contributed by atoms with Crippen LogP contribution in [0.2, 0.25) is 0 Å². The van der Waals surface area contributed by atoms with Gasteiger partial charge in [-0.25, -0.2) is 8.78 Å². The average molecular weight is 467 g/mol. The van der Waals surface area contributed by atoms with Gasteiger partial charge in [0, 0.05) is 36.1 Å². The molecule has 0 radical (unpaired) electrons. The van der Waals surface area contributed by atoms with E-state index in [1.807, 2.05) is 4.90 Å². The molecule has 0 spiro atoms. The Morgan fingerprint density at radius 3 is 2.14 bits per heavy atom. The van der Waals surface area contributed by atoms with Crippen molar-refractivity contribution in [1.82, 2.24) is 9.80 Å². The van der Waals surface area contributed by atoms with Gasteiger partial charge in [-0.05, 0) is 68.6 Å². The molecule has 0 aromatic heterocycles. The number of carbonyl (C=O) groups excluding carboxylic acids is 2. The van der Waals surface area contributed by atoms with Crippen LogP contribution in [-0.4, -0.2) is 52.1 Å². The number of rotatable bonds is 2. The van der Waals surface area contributed by atoms with Gasteiger partial charge in [0.05, 0.1) is 5.41 Å². The van der Waals surface area contributed by atoms with E-state index in [2.05, 4.69) is 15.9 Å². The number of halogens is 3. The van der Waals surface area contributed by atoms with E-state index in [0.717, 1.165) is 31.4 Å². The lowest BCUT2D eigenvalue weighted by Gasteiger charge is -2.60. The molecule has 4 nitrogen and oxygen atoms in total. The minimum absolute atomic E-state index is 0.136. The molecule has 5 fully saturated rings. The Bertz CT molecular complexity index is 854. The zero-order valence-electron chi connectivity index (χ0n) is 16.3. The summed E-state index contributed by atoms with van der Waals surface area (Å²) in [5.41, 5.74) is -0.0918. The molecule has 4 aliphatic carbocycles. The number of piperazine rings is 1. The van der Waals surface area contributed by atoms with Gasteiger partial charge >= 0.3 is 0 Å².